The number of nitrogens with one attached hydrogen (secondary N) is 1. The van der Waals surface area contributed by atoms with Crippen molar-refractivity contribution in [2.75, 3.05) is 32.8 Å². The van der Waals surface area contributed by atoms with Crippen LogP contribution in [-0.2, 0) is 0 Å². The van der Waals surface area contributed by atoms with Crippen molar-refractivity contribution in [2.24, 2.45) is 5.92 Å². The van der Waals surface area contributed by atoms with E-state index < -0.39 is 0 Å². The van der Waals surface area contributed by atoms with Crippen molar-refractivity contribution in [3.63, 3.8) is 0 Å². The van der Waals surface area contributed by atoms with E-state index in [4.69, 9.17) is 0 Å². The van der Waals surface area contributed by atoms with Crippen LogP contribution >= 0.6 is 0 Å². The molecule has 2 atom stereocenters. The molecular weight excluding hydrogens is 188 g/mol. The van der Waals surface area contributed by atoms with Gasteiger partial charge in [-0.05, 0) is 25.2 Å². The summed E-state index contributed by atoms with van der Waals surface area (Å²) in [6, 6.07) is 0.742. The van der Waals surface area contributed by atoms with Gasteiger partial charge in [0.05, 0.1) is 0 Å². The zero-order valence-electron chi connectivity index (χ0n) is 9.62. The number of aliphatic hydroxyl groups excluding tert-OH is 1. The highest BCUT2D eigenvalue weighted by molar-refractivity contribution is 4.81. The van der Waals surface area contributed by atoms with Crippen LogP contribution in [0.15, 0.2) is 0 Å². The van der Waals surface area contributed by atoms with Crippen LogP contribution in [0.4, 0.5) is 0 Å². The molecule has 0 radical (unpaired) electrons. The largest absolute Gasteiger partial charge is 0.396 e. The summed E-state index contributed by atoms with van der Waals surface area (Å²) >= 11 is 0. The summed E-state index contributed by atoms with van der Waals surface area (Å²) in [5.74, 6) is 0.562. The van der Waals surface area contributed by atoms with Crippen molar-refractivity contribution in [1.29, 1.82) is 0 Å². The number of rotatable bonds is 2. The number of hydrogen-bond acceptors (Lipinski definition) is 3. The van der Waals surface area contributed by atoms with Crippen LogP contribution in [0.5, 0.6) is 0 Å². The van der Waals surface area contributed by atoms with E-state index in [1.165, 1.54) is 45.2 Å². The molecule has 1 heterocycles. The molecule has 0 bridgehead atoms. The third kappa shape index (κ3) is 3.16. The van der Waals surface area contributed by atoms with Crippen molar-refractivity contribution in [2.45, 2.75) is 38.1 Å². The second-order valence-electron chi connectivity index (χ2n) is 5.01. The molecule has 0 aromatic heterocycles. The predicted molar refractivity (Wildman–Crippen MR) is 61.9 cm³/mol. The lowest BCUT2D eigenvalue weighted by atomic mass is 9.98. The molecule has 15 heavy (non-hydrogen) atoms. The Morgan fingerprint density at radius 3 is 2.60 bits per heavy atom. The summed E-state index contributed by atoms with van der Waals surface area (Å²) in [6.45, 7) is 5.06. The Balaban J connectivity index is 1.87. The molecule has 2 rings (SSSR count). The van der Waals surface area contributed by atoms with Crippen LogP contribution in [0.3, 0.4) is 0 Å². The van der Waals surface area contributed by atoms with E-state index in [1.807, 2.05) is 0 Å². The molecule has 88 valence electrons. The van der Waals surface area contributed by atoms with Gasteiger partial charge in [0, 0.05) is 38.8 Å². The number of piperazine rings is 1. The van der Waals surface area contributed by atoms with Crippen LogP contribution in [0.1, 0.15) is 32.1 Å². The van der Waals surface area contributed by atoms with Gasteiger partial charge in [-0.3, -0.25) is 4.90 Å². The molecule has 3 nitrogen and oxygen atoms in total. The third-order valence-corrected chi connectivity index (χ3v) is 3.93. The highest BCUT2D eigenvalue weighted by Crippen LogP contribution is 2.26. The van der Waals surface area contributed by atoms with Crippen molar-refractivity contribution in [3.8, 4) is 0 Å². The first-order valence-corrected chi connectivity index (χ1v) is 6.46. The van der Waals surface area contributed by atoms with Gasteiger partial charge in [0.25, 0.3) is 0 Å². The first-order chi connectivity index (χ1) is 7.40. The fraction of sp³-hybridized carbons (Fsp3) is 1.00. The summed E-state index contributed by atoms with van der Waals surface area (Å²) in [7, 11) is 0. The van der Waals surface area contributed by atoms with Gasteiger partial charge in [-0.15, -0.1) is 0 Å². The topological polar surface area (TPSA) is 35.5 Å². The fourth-order valence-electron chi connectivity index (χ4n) is 2.98. The van der Waals surface area contributed by atoms with Gasteiger partial charge in [-0.25, -0.2) is 0 Å². The Kier molecular flexibility index (Phi) is 4.42. The highest BCUT2D eigenvalue weighted by Gasteiger charge is 2.25. The highest BCUT2D eigenvalue weighted by atomic mass is 16.3. The lowest BCUT2D eigenvalue weighted by Crippen LogP contribution is -2.48. The van der Waals surface area contributed by atoms with Gasteiger partial charge in [-0.2, -0.15) is 0 Å². The second kappa shape index (κ2) is 5.83. The van der Waals surface area contributed by atoms with Crippen LogP contribution < -0.4 is 5.32 Å². The van der Waals surface area contributed by atoms with E-state index in [2.05, 4.69) is 10.2 Å². The van der Waals surface area contributed by atoms with Gasteiger partial charge in [0.2, 0.25) is 0 Å². The van der Waals surface area contributed by atoms with Gasteiger partial charge >= 0.3 is 0 Å². The maximum Gasteiger partial charge on any atom is 0.0459 e. The molecule has 1 aliphatic carbocycles. The Morgan fingerprint density at radius 2 is 1.87 bits per heavy atom. The normalized spacial score (nSPS) is 35.0. The molecule has 2 N–H and O–H groups in total. The van der Waals surface area contributed by atoms with Gasteiger partial charge in [0.15, 0.2) is 0 Å². The molecule has 3 heteroatoms. The van der Waals surface area contributed by atoms with Crippen molar-refractivity contribution < 1.29 is 5.11 Å². The molecule has 2 fully saturated rings. The summed E-state index contributed by atoms with van der Waals surface area (Å²) in [5, 5.41) is 12.7. The Hall–Kier alpha value is -0.120. The Labute approximate surface area is 92.8 Å². The summed E-state index contributed by atoms with van der Waals surface area (Å²) in [6.07, 6.45) is 6.46. The molecule has 0 spiro atoms. The SMILES string of the molecule is OCC1CCCCC(N2CCNCC2)C1. The fourth-order valence-corrected chi connectivity index (χ4v) is 2.98. The first-order valence-electron chi connectivity index (χ1n) is 6.46. The molecule has 2 unspecified atom stereocenters. The van der Waals surface area contributed by atoms with E-state index in [9.17, 15) is 5.11 Å². The molecular formula is C12H24N2O. The average molecular weight is 212 g/mol. The minimum Gasteiger partial charge on any atom is -0.396 e. The smallest absolute Gasteiger partial charge is 0.0459 e. The molecule has 0 aromatic rings. The predicted octanol–water partition coefficient (Wildman–Crippen LogP) is 0.833. The molecule has 0 aromatic carbocycles. The molecule has 0 amide bonds. The van der Waals surface area contributed by atoms with Crippen molar-refractivity contribution in [1.82, 2.24) is 10.2 Å². The van der Waals surface area contributed by atoms with Crippen LogP contribution in [-0.4, -0.2) is 48.8 Å². The van der Waals surface area contributed by atoms with Crippen molar-refractivity contribution in [3.05, 3.63) is 0 Å². The quantitative estimate of drug-likeness (QED) is 0.666. The summed E-state index contributed by atoms with van der Waals surface area (Å²) in [5.41, 5.74) is 0. The van der Waals surface area contributed by atoms with E-state index in [0.29, 0.717) is 12.5 Å². The first kappa shape index (κ1) is 11.4. The number of aliphatic hydroxyl groups is 1. The minimum absolute atomic E-state index is 0.391. The Morgan fingerprint density at radius 1 is 1.13 bits per heavy atom. The average Bonchev–Trinajstić information content (AvgIpc) is 2.55. The van der Waals surface area contributed by atoms with E-state index in [-0.39, 0.29) is 0 Å². The summed E-state index contributed by atoms with van der Waals surface area (Å²) < 4.78 is 0. The summed E-state index contributed by atoms with van der Waals surface area (Å²) in [4.78, 5) is 2.63. The molecule has 1 saturated heterocycles. The van der Waals surface area contributed by atoms with E-state index >= 15 is 0 Å². The molecule has 2 aliphatic rings. The zero-order chi connectivity index (χ0) is 10.5. The number of hydrogen-bond donors (Lipinski definition) is 2. The second-order valence-corrected chi connectivity index (χ2v) is 5.01. The molecule has 1 saturated carbocycles. The third-order valence-electron chi connectivity index (χ3n) is 3.93. The maximum atomic E-state index is 9.30. The van der Waals surface area contributed by atoms with Crippen LogP contribution in [0.2, 0.25) is 0 Å². The monoisotopic (exact) mass is 212 g/mol. The Bertz CT molecular complexity index is 180. The van der Waals surface area contributed by atoms with Crippen LogP contribution in [0.25, 0.3) is 0 Å². The zero-order valence-corrected chi connectivity index (χ0v) is 9.62. The van der Waals surface area contributed by atoms with Gasteiger partial charge < -0.3 is 10.4 Å². The maximum absolute atomic E-state index is 9.30. The lowest BCUT2D eigenvalue weighted by molar-refractivity contribution is 0.128. The van der Waals surface area contributed by atoms with Crippen molar-refractivity contribution >= 4 is 0 Å². The van der Waals surface area contributed by atoms with E-state index in [0.717, 1.165) is 19.1 Å². The minimum atomic E-state index is 0.391. The molecule has 1 aliphatic heterocycles. The van der Waals surface area contributed by atoms with Crippen LogP contribution in [0, 0.1) is 5.92 Å². The standard InChI is InChI=1S/C12H24N2O/c15-10-11-3-1-2-4-12(9-11)14-7-5-13-6-8-14/h11-13,15H,1-10H2. The van der Waals surface area contributed by atoms with E-state index in [1.54, 1.807) is 0 Å². The van der Waals surface area contributed by atoms with Gasteiger partial charge in [-0.1, -0.05) is 12.8 Å². The lowest BCUT2D eigenvalue weighted by Gasteiger charge is -2.35. The number of nitrogens with zero attached hydrogens (tertiary/aromatic N) is 1. The van der Waals surface area contributed by atoms with Gasteiger partial charge in [0.1, 0.15) is 0 Å².